The van der Waals surface area contributed by atoms with Gasteiger partial charge in [-0.1, -0.05) is 25.1 Å². The number of benzene rings is 1. The van der Waals surface area contributed by atoms with Crippen LogP contribution in [0, 0.1) is 0 Å². The summed E-state index contributed by atoms with van der Waals surface area (Å²) >= 11 is 1.73. The standard InChI is InChI=1S/C16H19N3S/c1-3-9-17-15(12-8-10-20-11-12)16-13-6-4-5-7-14(13)19(2)18-16/h4-8,10-11,15,17H,3,9H2,1-2H3. The summed E-state index contributed by atoms with van der Waals surface area (Å²) in [5.74, 6) is 0. The minimum atomic E-state index is 0.173. The zero-order valence-corrected chi connectivity index (χ0v) is 12.7. The van der Waals surface area contributed by atoms with E-state index in [1.165, 1.54) is 16.5 Å². The Labute approximate surface area is 123 Å². The van der Waals surface area contributed by atoms with Gasteiger partial charge in [0, 0.05) is 12.4 Å². The molecule has 0 saturated heterocycles. The van der Waals surface area contributed by atoms with Gasteiger partial charge in [0.1, 0.15) is 0 Å². The van der Waals surface area contributed by atoms with Crippen molar-refractivity contribution in [3.63, 3.8) is 0 Å². The number of aryl methyl sites for hydroxylation is 1. The maximum atomic E-state index is 4.76. The molecule has 20 heavy (non-hydrogen) atoms. The molecule has 3 rings (SSSR count). The molecule has 3 nitrogen and oxygen atoms in total. The first-order chi connectivity index (χ1) is 9.81. The van der Waals surface area contributed by atoms with Crippen LogP contribution in [0.15, 0.2) is 41.1 Å². The smallest absolute Gasteiger partial charge is 0.0918 e. The average Bonchev–Trinajstić information content (AvgIpc) is 3.10. The molecule has 1 N–H and O–H groups in total. The van der Waals surface area contributed by atoms with Crippen LogP contribution in [0.4, 0.5) is 0 Å². The Morgan fingerprint density at radius 2 is 2.15 bits per heavy atom. The summed E-state index contributed by atoms with van der Waals surface area (Å²) in [5.41, 5.74) is 3.60. The number of nitrogens with one attached hydrogen (secondary N) is 1. The van der Waals surface area contributed by atoms with Crippen molar-refractivity contribution in [1.82, 2.24) is 15.1 Å². The fourth-order valence-corrected chi connectivity index (χ4v) is 3.24. The van der Waals surface area contributed by atoms with Crippen molar-refractivity contribution in [2.75, 3.05) is 6.54 Å². The molecule has 104 valence electrons. The van der Waals surface area contributed by atoms with Crippen molar-refractivity contribution >= 4 is 22.2 Å². The van der Waals surface area contributed by atoms with Crippen LogP contribution in [0.2, 0.25) is 0 Å². The van der Waals surface area contributed by atoms with Gasteiger partial charge in [0.2, 0.25) is 0 Å². The van der Waals surface area contributed by atoms with Crippen LogP contribution < -0.4 is 5.32 Å². The van der Waals surface area contributed by atoms with Gasteiger partial charge >= 0.3 is 0 Å². The SMILES string of the molecule is CCCNC(c1ccsc1)c1nn(C)c2ccccc12. The molecule has 0 aliphatic heterocycles. The lowest BCUT2D eigenvalue weighted by molar-refractivity contribution is 0.580. The molecular weight excluding hydrogens is 266 g/mol. The van der Waals surface area contributed by atoms with E-state index in [2.05, 4.69) is 53.3 Å². The molecule has 0 aliphatic rings. The van der Waals surface area contributed by atoms with Gasteiger partial charge in [0.15, 0.2) is 0 Å². The molecule has 3 aromatic rings. The number of aromatic nitrogens is 2. The molecule has 0 saturated carbocycles. The van der Waals surface area contributed by atoms with Crippen molar-refractivity contribution < 1.29 is 0 Å². The summed E-state index contributed by atoms with van der Waals surface area (Å²) in [7, 11) is 2.01. The van der Waals surface area contributed by atoms with E-state index in [1.54, 1.807) is 11.3 Å². The highest BCUT2D eigenvalue weighted by molar-refractivity contribution is 7.08. The molecule has 0 amide bonds. The van der Waals surface area contributed by atoms with E-state index in [1.807, 2.05) is 11.7 Å². The van der Waals surface area contributed by atoms with Gasteiger partial charge in [-0.3, -0.25) is 4.68 Å². The number of hydrogen-bond acceptors (Lipinski definition) is 3. The minimum Gasteiger partial charge on any atom is -0.305 e. The third kappa shape index (κ3) is 2.37. The summed E-state index contributed by atoms with van der Waals surface area (Å²) in [6.45, 7) is 3.18. The van der Waals surface area contributed by atoms with Gasteiger partial charge in [0.05, 0.1) is 17.3 Å². The van der Waals surface area contributed by atoms with E-state index in [0.29, 0.717) is 0 Å². The lowest BCUT2D eigenvalue weighted by Crippen LogP contribution is -2.23. The van der Waals surface area contributed by atoms with Crippen LogP contribution in [0.3, 0.4) is 0 Å². The molecule has 2 aromatic heterocycles. The molecule has 1 atom stereocenters. The maximum Gasteiger partial charge on any atom is 0.0918 e. The molecule has 2 heterocycles. The average molecular weight is 285 g/mol. The zero-order chi connectivity index (χ0) is 13.9. The van der Waals surface area contributed by atoms with E-state index in [0.717, 1.165) is 18.7 Å². The maximum absolute atomic E-state index is 4.76. The van der Waals surface area contributed by atoms with Crippen LogP contribution in [-0.4, -0.2) is 16.3 Å². The predicted octanol–water partition coefficient (Wildman–Crippen LogP) is 3.72. The van der Waals surface area contributed by atoms with E-state index in [9.17, 15) is 0 Å². The first-order valence-corrected chi connectivity index (χ1v) is 7.92. The molecule has 0 fully saturated rings. The molecule has 0 spiro atoms. The van der Waals surface area contributed by atoms with Crippen molar-refractivity contribution in [3.8, 4) is 0 Å². The molecule has 0 bridgehead atoms. The Bertz CT molecular complexity index is 685. The van der Waals surface area contributed by atoms with E-state index < -0.39 is 0 Å². The zero-order valence-electron chi connectivity index (χ0n) is 11.8. The van der Waals surface area contributed by atoms with Gasteiger partial charge in [-0.15, -0.1) is 0 Å². The fraction of sp³-hybridized carbons (Fsp3) is 0.312. The van der Waals surface area contributed by atoms with Crippen molar-refractivity contribution in [2.45, 2.75) is 19.4 Å². The molecule has 4 heteroatoms. The Morgan fingerprint density at radius 1 is 1.30 bits per heavy atom. The quantitative estimate of drug-likeness (QED) is 0.774. The monoisotopic (exact) mass is 285 g/mol. The number of para-hydroxylation sites is 1. The van der Waals surface area contributed by atoms with Gasteiger partial charge in [-0.25, -0.2) is 0 Å². The molecule has 0 radical (unpaired) electrons. The number of hydrogen-bond donors (Lipinski definition) is 1. The minimum absolute atomic E-state index is 0.173. The lowest BCUT2D eigenvalue weighted by atomic mass is 10.0. The molecule has 1 unspecified atom stereocenters. The second-order valence-corrected chi connectivity index (χ2v) is 5.75. The molecule has 0 aliphatic carbocycles. The van der Waals surface area contributed by atoms with Crippen LogP contribution >= 0.6 is 11.3 Å². The van der Waals surface area contributed by atoms with Gasteiger partial charge in [-0.05, 0) is 41.4 Å². The van der Waals surface area contributed by atoms with E-state index >= 15 is 0 Å². The summed E-state index contributed by atoms with van der Waals surface area (Å²) in [6.07, 6.45) is 1.12. The van der Waals surface area contributed by atoms with Crippen molar-refractivity contribution in [3.05, 3.63) is 52.3 Å². The summed E-state index contributed by atoms with van der Waals surface area (Å²) in [5, 5.41) is 13.9. The van der Waals surface area contributed by atoms with Gasteiger partial charge in [0.25, 0.3) is 0 Å². The van der Waals surface area contributed by atoms with Gasteiger partial charge < -0.3 is 5.32 Å². The third-order valence-corrected chi connectivity index (χ3v) is 4.24. The normalized spacial score (nSPS) is 12.9. The van der Waals surface area contributed by atoms with Crippen LogP contribution in [-0.2, 0) is 7.05 Å². The second kappa shape index (κ2) is 5.77. The number of nitrogens with zero attached hydrogens (tertiary/aromatic N) is 2. The van der Waals surface area contributed by atoms with Gasteiger partial charge in [-0.2, -0.15) is 16.4 Å². The lowest BCUT2D eigenvalue weighted by Gasteiger charge is -2.15. The number of rotatable bonds is 5. The fourth-order valence-electron chi connectivity index (χ4n) is 2.56. The topological polar surface area (TPSA) is 29.9 Å². The summed E-state index contributed by atoms with van der Waals surface area (Å²) < 4.78 is 1.97. The van der Waals surface area contributed by atoms with Crippen molar-refractivity contribution in [1.29, 1.82) is 0 Å². The predicted molar refractivity (Wildman–Crippen MR) is 85.2 cm³/mol. The van der Waals surface area contributed by atoms with E-state index in [-0.39, 0.29) is 6.04 Å². The van der Waals surface area contributed by atoms with Crippen LogP contribution in [0.5, 0.6) is 0 Å². The van der Waals surface area contributed by atoms with Crippen LogP contribution in [0.1, 0.15) is 30.6 Å². The van der Waals surface area contributed by atoms with Crippen molar-refractivity contribution in [2.24, 2.45) is 7.05 Å². The largest absolute Gasteiger partial charge is 0.305 e. The van der Waals surface area contributed by atoms with Crippen LogP contribution in [0.25, 0.3) is 10.9 Å². The number of fused-ring (bicyclic) bond motifs is 1. The first-order valence-electron chi connectivity index (χ1n) is 6.98. The second-order valence-electron chi connectivity index (χ2n) is 4.97. The Balaban J connectivity index is 2.09. The number of thiophene rings is 1. The highest BCUT2D eigenvalue weighted by Gasteiger charge is 2.20. The molecule has 1 aromatic carbocycles. The summed E-state index contributed by atoms with van der Waals surface area (Å²) in [4.78, 5) is 0. The molecular formula is C16H19N3S. The van der Waals surface area contributed by atoms with E-state index in [4.69, 9.17) is 5.10 Å². The highest BCUT2D eigenvalue weighted by atomic mass is 32.1. The Hall–Kier alpha value is -1.65. The Kier molecular flexibility index (Phi) is 3.85. The first kappa shape index (κ1) is 13.3. The third-order valence-electron chi connectivity index (χ3n) is 3.53. The summed E-state index contributed by atoms with van der Waals surface area (Å²) in [6, 6.07) is 10.8. The highest BCUT2D eigenvalue weighted by Crippen LogP contribution is 2.29. The Morgan fingerprint density at radius 3 is 2.90 bits per heavy atom.